The minimum absolute atomic E-state index is 2.32. The first-order chi connectivity index (χ1) is 3.75. The molecule has 0 radical (unpaired) electrons. The molecule has 0 nitrogen and oxygen atoms in total. The Morgan fingerprint density at radius 1 is 0.778 bits per heavy atom. The molecule has 1 aliphatic rings. The van der Waals surface area contributed by atoms with Crippen LogP contribution in [-0.4, -0.2) is 14.6 Å². The third-order valence-corrected chi connectivity index (χ3v) is 3.73. The van der Waals surface area contributed by atoms with Crippen LogP contribution in [0.2, 0.25) is 0 Å². The van der Waals surface area contributed by atoms with Gasteiger partial charge in [-0.3, -0.25) is 0 Å². The maximum absolute atomic E-state index is 12.3. The molecule has 2 unspecified atom stereocenters. The van der Waals surface area contributed by atoms with Gasteiger partial charge in [0.1, 0.15) is 0 Å². The summed E-state index contributed by atoms with van der Waals surface area (Å²) in [6.07, 6.45) is 0. The highest BCUT2D eigenvalue weighted by atomic mass is 35.5. The standard InChI is InChI=1S/C3Cl4F2/c4-1(5)2(6,8)3(1,7)9. The van der Waals surface area contributed by atoms with Crippen LogP contribution in [0, 0.1) is 0 Å². The fraction of sp³-hybridized carbons (Fsp3) is 1.00. The smallest absolute Gasteiger partial charge is 0.217 e. The van der Waals surface area contributed by atoms with Crippen molar-refractivity contribution >= 4 is 46.4 Å². The van der Waals surface area contributed by atoms with E-state index in [0.29, 0.717) is 0 Å². The van der Waals surface area contributed by atoms with Crippen molar-refractivity contribution in [3.8, 4) is 0 Å². The van der Waals surface area contributed by atoms with Crippen LogP contribution < -0.4 is 0 Å². The first-order valence-electron chi connectivity index (χ1n) is 1.88. The topological polar surface area (TPSA) is 0 Å². The first-order valence-corrected chi connectivity index (χ1v) is 3.40. The summed E-state index contributed by atoms with van der Waals surface area (Å²) in [5, 5.41) is -5.71. The number of alkyl halides is 6. The monoisotopic (exact) mass is 214 g/mol. The van der Waals surface area contributed by atoms with E-state index in [-0.39, 0.29) is 0 Å². The van der Waals surface area contributed by atoms with Crippen molar-refractivity contribution in [2.75, 3.05) is 0 Å². The summed E-state index contributed by atoms with van der Waals surface area (Å²) in [4.78, 5) is 0. The van der Waals surface area contributed by atoms with Crippen molar-refractivity contribution in [1.82, 2.24) is 0 Å². The molecule has 0 spiro atoms. The molecule has 54 valence electrons. The second-order valence-electron chi connectivity index (χ2n) is 1.72. The van der Waals surface area contributed by atoms with E-state index in [9.17, 15) is 8.78 Å². The van der Waals surface area contributed by atoms with Crippen molar-refractivity contribution in [1.29, 1.82) is 0 Å². The van der Waals surface area contributed by atoms with Crippen LogP contribution in [0.4, 0.5) is 8.78 Å². The van der Waals surface area contributed by atoms with Gasteiger partial charge in [0.2, 0.25) is 4.33 Å². The number of hydrogen-bond donors (Lipinski definition) is 0. The molecule has 0 saturated heterocycles. The first kappa shape index (κ1) is 8.12. The molecule has 1 rings (SSSR count). The van der Waals surface area contributed by atoms with Crippen LogP contribution in [-0.2, 0) is 0 Å². The maximum atomic E-state index is 12.3. The summed E-state index contributed by atoms with van der Waals surface area (Å²) in [6, 6.07) is 0. The molecule has 0 aliphatic heterocycles. The zero-order chi connectivity index (χ0) is 7.50. The normalized spacial score (nSPS) is 55.3. The molecular weight excluding hydrogens is 216 g/mol. The molecular formula is C3Cl4F2. The zero-order valence-electron chi connectivity index (χ0n) is 3.77. The van der Waals surface area contributed by atoms with Crippen LogP contribution in [0.25, 0.3) is 0 Å². The van der Waals surface area contributed by atoms with Gasteiger partial charge in [-0.15, -0.1) is 0 Å². The van der Waals surface area contributed by atoms with Gasteiger partial charge in [0.25, 0.3) is 10.3 Å². The fourth-order valence-corrected chi connectivity index (χ4v) is 1.47. The van der Waals surface area contributed by atoms with Crippen LogP contribution in [0.15, 0.2) is 0 Å². The van der Waals surface area contributed by atoms with Crippen LogP contribution >= 0.6 is 46.4 Å². The van der Waals surface area contributed by atoms with Gasteiger partial charge >= 0.3 is 0 Å². The van der Waals surface area contributed by atoms with Crippen LogP contribution in [0.3, 0.4) is 0 Å². The van der Waals surface area contributed by atoms with Gasteiger partial charge in [0.15, 0.2) is 0 Å². The summed E-state index contributed by atoms with van der Waals surface area (Å²) in [6.45, 7) is 0. The summed E-state index contributed by atoms with van der Waals surface area (Å²) >= 11 is 19.5. The number of halogens is 6. The lowest BCUT2D eigenvalue weighted by molar-refractivity contribution is 0.306. The Labute approximate surface area is 70.0 Å². The maximum Gasteiger partial charge on any atom is 0.271 e. The molecule has 1 fully saturated rings. The van der Waals surface area contributed by atoms with Gasteiger partial charge in [-0.05, 0) is 0 Å². The molecule has 1 aliphatic carbocycles. The third-order valence-electron chi connectivity index (χ3n) is 1.12. The fourth-order valence-electron chi connectivity index (χ4n) is 0.356. The molecule has 9 heavy (non-hydrogen) atoms. The molecule has 0 N–H and O–H groups in total. The van der Waals surface area contributed by atoms with Gasteiger partial charge in [-0.1, -0.05) is 46.4 Å². The number of rotatable bonds is 0. The predicted molar refractivity (Wildman–Crippen MR) is 33.8 cm³/mol. The largest absolute Gasteiger partial charge is 0.271 e. The van der Waals surface area contributed by atoms with Crippen molar-refractivity contribution in [3.63, 3.8) is 0 Å². The van der Waals surface area contributed by atoms with E-state index in [2.05, 4.69) is 0 Å². The van der Waals surface area contributed by atoms with E-state index >= 15 is 0 Å². The zero-order valence-corrected chi connectivity index (χ0v) is 6.79. The van der Waals surface area contributed by atoms with Crippen LogP contribution in [0.5, 0.6) is 0 Å². The number of hydrogen-bond acceptors (Lipinski definition) is 0. The molecule has 0 bridgehead atoms. The quantitative estimate of drug-likeness (QED) is 0.546. The molecule has 0 heterocycles. The SMILES string of the molecule is FC1(Cl)C(F)(Cl)C1(Cl)Cl. The lowest BCUT2D eigenvalue weighted by atomic mass is 10.8. The Kier molecular flexibility index (Phi) is 1.45. The molecule has 0 aromatic carbocycles. The minimum atomic E-state index is -2.86. The lowest BCUT2D eigenvalue weighted by Gasteiger charge is -1.89. The van der Waals surface area contributed by atoms with Gasteiger partial charge in [0.05, 0.1) is 0 Å². The van der Waals surface area contributed by atoms with Crippen molar-refractivity contribution in [3.05, 3.63) is 0 Å². The molecule has 2 atom stereocenters. The molecule has 1 saturated carbocycles. The Morgan fingerprint density at radius 3 is 0.889 bits per heavy atom. The van der Waals surface area contributed by atoms with Crippen molar-refractivity contribution < 1.29 is 8.78 Å². The van der Waals surface area contributed by atoms with E-state index in [0.717, 1.165) is 0 Å². The van der Waals surface area contributed by atoms with Crippen molar-refractivity contribution in [2.45, 2.75) is 14.6 Å². The highest BCUT2D eigenvalue weighted by Crippen LogP contribution is 2.74. The predicted octanol–water partition coefficient (Wildman–Crippen LogP) is 2.98. The summed E-state index contributed by atoms with van der Waals surface area (Å²) in [5.41, 5.74) is 0. The Bertz CT molecular complexity index is 111. The highest BCUT2D eigenvalue weighted by Gasteiger charge is 2.92. The van der Waals surface area contributed by atoms with E-state index < -0.39 is 14.6 Å². The average Bonchev–Trinajstić information content (AvgIpc) is 1.84. The summed E-state index contributed by atoms with van der Waals surface area (Å²) in [7, 11) is 0. The van der Waals surface area contributed by atoms with Gasteiger partial charge in [-0.2, -0.15) is 0 Å². The van der Waals surface area contributed by atoms with E-state index in [1.807, 2.05) is 0 Å². The molecule has 6 heteroatoms. The minimum Gasteiger partial charge on any atom is -0.217 e. The molecule has 0 aromatic heterocycles. The lowest BCUT2D eigenvalue weighted by Crippen LogP contribution is -1.99. The average molecular weight is 216 g/mol. The van der Waals surface area contributed by atoms with E-state index in [4.69, 9.17) is 46.4 Å². The van der Waals surface area contributed by atoms with E-state index in [1.54, 1.807) is 0 Å². The third kappa shape index (κ3) is 0.657. The highest BCUT2D eigenvalue weighted by molar-refractivity contribution is 6.65. The molecule has 0 amide bonds. The second-order valence-corrected chi connectivity index (χ2v) is 4.09. The Balaban J connectivity index is 2.91. The van der Waals surface area contributed by atoms with Crippen LogP contribution in [0.1, 0.15) is 0 Å². The van der Waals surface area contributed by atoms with Crippen molar-refractivity contribution in [2.24, 2.45) is 0 Å². The second kappa shape index (κ2) is 1.60. The van der Waals surface area contributed by atoms with E-state index in [1.165, 1.54) is 0 Å². The molecule has 0 aromatic rings. The van der Waals surface area contributed by atoms with Gasteiger partial charge < -0.3 is 0 Å². The van der Waals surface area contributed by atoms with Gasteiger partial charge in [-0.25, -0.2) is 8.78 Å². The Morgan fingerprint density at radius 2 is 0.889 bits per heavy atom. The Hall–Kier alpha value is 1.02. The summed E-state index contributed by atoms with van der Waals surface area (Å²) in [5.74, 6) is 0. The summed E-state index contributed by atoms with van der Waals surface area (Å²) < 4.78 is 22.4. The van der Waals surface area contributed by atoms with Gasteiger partial charge in [0, 0.05) is 0 Å².